The van der Waals surface area contributed by atoms with Crippen LogP contribution in [-0.4, -0.2) is 32.1 Å². The molecule has 9 heteroatoms. The van der Waals surface area contributed by atoms with Crippen LogP contribution in [0.5, 0.6) is 0 Å². The van der Waals surface area contributed by atoms with E-state index in [0.717, 1.165) is 5.69 Å². The summed E-state index contributed by atoms with van der Waals surface area (Å²) in [5, 5.41) is 24.8. The zero-order chi connectivity index (χ0) is 13.7. The molecule has 0 aliphatic carbocycles. The molecule has 0 aliphatic heterocycles. The fraction of sp³-hybridized carbons (Fsp3) is 0.200. The summed E-state index contributed by atoms with van der Waals surface area (Å²) in [5.74, 6) is -1.00. The van der Waals surface area contributed by atoms with Crippen LogP contribution in [-0.2, 0) is 17.9 Å². The maximum Gasteiger partial charge on any atom is 0.325 e. The van der Waals surface area contributed by atoms with Crippen LogP contribution in [0.25, 0.3) is 0 Å². The number of carbonyl (C=O) groups is 2. The molecule has 2 amide bonds. The average molecular weight is 281 g/mol. The van der Waals surface area contributed by atoms with E-state index in [1.54, 1.807) is 6.07 Å². The van der Waals surface area contributed by atoms with Crippen LogP contribution in [0.1, 0.15) is 5.69 Å². The highest BCUT2D eigenvalue weighted by molar-refractivity contribution is 7.08. The van der Waals surface area contributed by atoms with Gasteiger partial charge in [-0.3, -0.25) is 4.79 Å². The smallest absolute Gasteiger partial charge is 0.325 e. The number of nitrogens with zero attached hydrogens (tertiary/aromatic N) is 3. The summed E-state index contributed by atoms with van der Waals surface area (Å²) >= 11 is 1.48. The van der Waals surface area contributed by atoms with E-state index in [9.17, 15) is 9.59 Å². The van der Waals surface area contributed by atoms with E-state index in [-0.39, 0.29) is 19.1 Å². The van der Waals surface area contributed by atoms with Crippen LogP contribution in [0.15, 0.2) is 23.0 Å². The summed E-state index contributed by atoms with van der Waals surface area (Å²) in [4.78, 5) is 22.0. The Hall–Kier alpha value is -2.42. The van der Waals surface area contributed by atoms with Gasteiger partial charge >= 0.3 is 12.0 Å². The van der Waals surface area contributed by atoms with Gasteiger partial charge < -0.3 is 15.7 Å². The van der Waals surface area contributed by atoms with Gasteiger partial charge in [0.2, 0.25) is 0 Å². The summed E-state index contributed by atoms with van der Waals surface area (Å²) in [5.41, 5.74) is 1.21. The number of urea groups is 1. The Morgan fingerprint density at radius 2 is 2.32 bits per heavy atom. The van der Waals surface area contributed by atoms with Crippen LogP contribution in [0, 0.1) is 0 Å². The van der Waals surface area contributed by atoms with Crippen molar-refractivity contribution < 1.29 is 14.7 Å². The second-order valence-corrected chi connectivity index (χ2v) is 4.40. The number of carboxylic acids is 1. The Balaban J connectivity index is 1.80. The lowest BCUT2D eigenvalue weighted by Gasteiger charge is -2.03. The highest BCUT2D eigenvalue weighted by Crippen LogP contribution is 2.11. The fourth-order valence-electron chi connectivity index (χ4n) is 1.32. The first-order valence-corrected chi connectivity index (χ1v) is 6.25. The molecule has 0 saturated carbocycles. The predicted molar refractivity (Wildman–Crippen MR) is 67.8 cm³/mol. The Bertz CT molecular complexity index is 565. The maximum absolute atomic E-state index is 11.5. The van der Waals surface area contributed by atoms with Crippen molar-refractivity contribution >= 4 is 29.0 Å². The molecule has 2 rings (SSSR count). The number of nitrogens with one attached hydrogen (secondary N) is 2. The number of rotatable bonds is 5. The van der Waals surface area contributed by atoms with Gasteiger partial charge in [0.05, 0.1) is 18.4 Å². The van der Waals surface area contributed by atoms with Crippen molar-refractivity contribution in [3.8, 4) is 0 Å². The first kappa shape index (κ1) is 13.0. The molecule has 0 unspecified atom stereocenters. The molecule has 100 valence electrons. The van der Waals surface area contributed by atoms with Gasteiger partial charge in [-0.2, -0.15) is 11.3 Å². The molecule has 2 heterocycles. The van der Waals surface area contributed by atoms with Crippen molar-refractivity contribution in [2.24, 2.45) is 0 Å². The van der Waals surface area contributed by atoms with E-state index in [1.165, 1.54) is 22.2 Å². The van der Waals surface area contributed by atoms with Crippen LogP contribution in [0.4, 0.5) is 10.5 Å². The molecule has 8 nitrogen and oxygen atoms in total. The zero-order valence-electron chi connectivity index (χ0n) is 9.74. The van der Waals surface area contributed by atoms with Crippen molar-refractivity contribution in [2.45, 2.75) is 13.1 Å². The standard InChI is InChI=1S/C10H11N5O3S/c16-9(17)5-15-4-8(13-14-15)3-11-10(18)12-7-1-2-19-6-7/h1-2,4,6H,3,5H2,(H,16,17)(H2,11,12,18). The minimum Gasteiger partial charge on any atom is -0.480 e. The first-order chi connectivity index (χ1) is 9.13. The minimum absolute atomic E-state index is 0.176. The monoisotopic (exact) mass is 281 g/mol. The molecular weight excluding hydrogens is 270 g/mol. The van der Waals surface area contributed by atoms with E-state index in [4.69, 9.17) is 5.11 Å². The lowest BCUT2D eigenvalue weighted by molar-refractivity contribution is -0.137. The summed E-state index contributed by atoms with van der Waals surface area (Å²) in [6.07, 6.45) is 1.47. The lowest BCUT2D eigenvalue weighted by Crippen LogP contribution is -2.28. The third kappa shape index (κ3) is 4.07. The quantitative estimate of drug-likeness (QED) is 0.749. The number of aliphatic carboxylic acids is 1. The van der Waals surface area contributed by atoms with Crippen molar-refractivity contribution in [3.05, 3.63) is 28.7 Å². The molecular formula is C10H11N5O3S. The molecule has 0 saturated heterocycles. The second kappa shape index (κ2) is 5.96. The number of hydrogen-bond donors (Lipinski definition) is 3. The molecule has 2 aromatic rings. The highest BCUT2D eigenvalue weighted by Gasteiger charge is 2.06. The topological polar surface area (TPSA) is 109 Å². The SMILES string of the molecule is O=C(O)Cn1cc(CNC(=O)Nc2ccsc2)nn1. The van der Waals surface area contributed by atoms with Crippen LogP contribution in [0.3, 0.4) is 0 Å². The van der Waals surface area contributed by atoms with Gasteiger partial charge in [-0.05, 0) is 11.4 Å². The Kier molecular flexibility index (Phi) is 4.08. The first-order valence-electron chi connectivity index (χ1n) is 5.31. The van der Waals surface area contributed by atoms with Crippen molar-refractivity contribution in [2.75, 3.05) is 5.32 Å². The van der Waals surface area contributed by atoms with E-state index in [2.05, 4.69) is 20.9 Å². The number of anilines is 1. The number of amides is 2. The summed E-state index contributed by atoms with van der Waals surface area (Å²) in [6, 6.07) is 1.43. The van der Waals surface area contributed by atoms with Crippen LogP contribution >= 0.6 is 11.3 Å². The highest BCUT2D eigenvalue weighted by atomic mass is 32.1. The van der Waals surface area contributed by atoms with Gasteiger partial charge in [-0.25, -0.2) is 9.48 Å². The second-order valence-electron chi connectivity index (χ2n) is 3.62. The zero-order valence-corrected chi connectivity index (χ0v) is 10.6. The predicted octanol–water partition coefficient (Wildman–Crippen LogP) is 0.746. The summed E-state index contributed by atoms with van der Waals surface area (Å²) in [7, 11) is 0. The Morgan fingerprint density at radius 1 is 1.47 bits per heavy atom. The molecule has 0 spiro atoms. The largest absolute Gasteiger partial charge is 0.480 e. The minimum atomic E-state index is -1.00. The fourth-order valence-corrected chi connectivity index (χ4v) is 1.90. The third-order valence-electron chi connectivity index (χ3n) is 2.09. The Morgan fingerprint density at radius 3 is 3.00 bits per heavy atom. The third-order valence-corrected chi connectivity index (χ3v) is 2.78. The van der Waals surface area contributed by atoms with Gasteiger partial charge in [0, 0.05) is 5.38 Å². The normalized spacial score (nSPS) is 10.1. The maximum atomic E-state index is 11.5. The van der Waals surface area contributed by atoms with Gasteiger partial charge in [-0.1, -0.05) is 5.21 Å². The molecule has 0 radical (unpaired) electrons. The molecule has 2 aromatic heterocycles. The molecule has 0 aliphatic rings. The van der Waals surface area contributed by atoms with Crippen molar-refractivity contribution in [1.82, 2.24) is 20.3 Å². The van der Waals surface area contributed by atoms with Crippen molar-refractivity contribution in [1.29, 1.82) is 0 Å². The van der Waals surface area contributed by atoms with E-state index in [0.29, 0.717) is 5.69 Å². The Labute approximate surface area is 112 Å². The molecule has 19 heavy (non-hydrogen) atoms. The molecule has 3 N–H and O–H groups in total. The number of aromatic nitrogens is 3. The van der Waals surface area contributed by atoms with Gasteiger partial charge in [-0.15, -0.1) is 5.10 Å². The van der Waals surface area contributed by atoms with Crippen molar-refractivity contribution in [3.63, 3.8) is 0 Å². The van der Waals surface area contributed by atoms with Gasteiger partial charge in [0.1, 0.15) is 12.2 Å². The van der Waals surface area contributed by atoms with Gasteiger partial charge in [0.15, 0.2) is 0 Å². The van der Waals surface area contributed by atoms with Gasteiger partial charge in [0.25, 0.3) is 0 Å². The van der Waals surface area contributed by atoms with E-state index < -0.39 is 5.97 Å². The molecule has 0 bridgehead atoms. The number of hydrogen-bond acceptors (Lipinski definition) is 5. The summed E-state index contributed by atoms with van der Waals surface area (Å²) in [6.45, 7) is -0.0797. The van der Waals surface area contributed by atoms with Crippen LogP contribution in [0.2, 0.25) is 0 Å². The molecule has 0 fully saturated rings. The molecule has 0 atom stereocenters. The van der Waals surface area contributed by atoms with E-state index in [1.807, 2.05) is 10.8 Å². The molecule has 0 aromatic carbocycles. The van der Waals surface area contributed by atoms with E-state index >= 15 is 0 Å². The summed E-state index contributed by atoms with van der Waals surface area (Å²) < 4.78 is 1.19. The van der Waals surface area contributed by atoms with Crippen LogP contribution < -0.4 is 10.6 Å². The lowest BCUT2D eigenvalue weighted by atomic mass is 10.4. The number of carbonyl (C=O) groups excluding carboxylic acids is 1. The number of carboxylic acid groups (broad SMARTS) is 1. The number of thiophene rings is 1. The average Bonchev–Trinajstić information content (AvgIpc) is 2.97.